The summed E-state index contributed by atoms with van der Waals surface area (Å²) in [4.78, 5) is 44.0. The Morgan fingerprint density at radius 2 is 1.62 bits per heavy atom. The zero-order valence-electron chi connectivity index (χ0n) is 25.4. The quantitative estimate of drug-likeness (QED) is 0.241. The molecule has 0 heterocycles. The van der Waals surface area contributed by atoms with Crippen molar-refractivity contribution in [3.05, 3.63) is 23.8 Å². The van der Waals surface area contributed by atoms with E-state index in [0.717, 1.165) is 38.5 Å². The van der Waals surface area contributed by atoms with Gasteiger partial charge < -0.3 is 14.2 Å². The van der Waals surface area contributed by atoms with Gasteiger partial charge in [-0.05, 0) is 56.7 Å². The van der Waals surface area contributed by atoms with E-state index in [2.05, 4.69) is 29.5 Å². The van der Waals surface area contributed by atoms with Gasteiger partial charge in [0.25, 0.3) is 0 Å². The molecule has 1 atom stereocenters. The molecule has 1 fully saturated rings. The number of rotatable bonds is 12. The van der Waals surface area contributed by atoms with E-state index in [1.807, 2.05) is 0 Å². The molecule has 0 saturated heterocycles. The minimum absolute atomic E-state index is 0.00432. The Bertz CT molecular complexity index is 1010. The van der Waals surface area contributed by atoms with Gasteiger partial charge in [0.05, 0.1) is 20.6 Å². The molecule has 0 aliphatic heterocycles. The van der Waals surface area contributed by atoms with E-state index in [0.29, 0.717) is 35.8 Å². The molecule has 1 aliphatic carbocycles. The maximum atomic E-state index is 13.5. The van der Waals surface area contributed by atoms with Crippen molar-refractivity contribution >= 4 is 23.7 Å². The lowest BCUT2D eigenvalue weighted by molar-refractivity contribution is -0.122. The number of ether oxygens (including phenoxy) is 3. The third-order valence-corrected chi connectivity index (χ3v) is 7.27. The van der Waals surface area contributed by atoms with E-state index in [-0.39, 0.29) is 24.1 Å². The van der Waals surface area contributed by atoms with Crippen molar-refractivity contribution in [1.29, 1.82) is 0 Å². The molecule has 2 N–H and O–H groups in total. The molecule has 1 aromatic rings. The molecule has 0 radical (unpaired) electrons. The van der Waals surface area contributed by atoms with Gasteiger partial charge in [0.2, 0.25) is 11.9 Å². The molecule has 2 amide bonds. The highest BCUT2D eigenvalue weighted by Gasteiger charge is 2.27. The minimum Gasteiger partial charge on any atom is -0.493 e. The predicted molar refractivity (Wildman–Crippen MR) is 157 cm³/mol. The average molecular weight is 560 g/mol. The first-order valence-electron chi connectivity index (χ1n) is 14.6. The molecule has 9 nitrogen and oxygen atoms in total. The number of hydrogen-bond donors (Lipinski definition) is 2. The van der Waals surface area contributed by atoms with Gasteiger partial charge in [0.15, 0.2) is 17.3 Å². The average Bonchev–Trinajstić information content (AvgIpc) is 2.90. The van der Waals surface area contributed by atoms with E-state index in [1.165, 1.54) is 13.5 Å². The van der Waals surface area contributed by atoms with E-state index in [9.17, 15) is 14.4 Å². The lowest BCUT2D eigenvalue weighted by atomic mass is 9.83. The second-order valence-corrected chi connectivity index (χ2v) is 11.6. The van der Waals surface area contributed by atoms with Crippen LogP contribution < -0.4 is 20.1 Å². The first-order valence-corrected chi connectivity index (χ1v) is 14.6. The van der Waals surface area contributed by atoms with Crippen LogP contribution in [0.25, 0.3) is 0 Å². The summed E-state index contributed by atoms with van der Waals surface area (Å²) in [6.07, 6.45) is 7.72. The van der Waals surface area contributed by atoms with Gasteiger partial charge in [-0.3, -0.25) is 20.2 Å². The van der Waals surface area contributed by atoms with Crippen LogP contribution >= 0.6 is 0 Å². The van der Waals surface area contributed by atoms with Crippen LogP contribution in [0.4, 0.5) is 4.79 Å². The molecule has 1 aliphatic rings. The lowest BCUT2D eigenvalue weighted by Crippen LogP contribution is -2.47. The monoisotopic (exact) mass is 559 g/mol. The molecule has 0 spiro atoms. The second-order valence-electron chi connectivity index (χ2n) is 11.6. The third kappa shape index (κ3) is 11.6. The first-order chi connectivity index (χ1) is 19.0. The van der Waals surface area contributed by atoms with Crippen LogP contribution in [0, 0.1) is 11.8 Å². The number of hydrogen-bond acceptors (Lipinski definition) is 7. The highest BCUT2D eigenvalue weighted by molar-refractivity contribution is 6.04. The number of benzene rings is 1. The maximum Gasteiger partial charge on any atom is 0.414 e. The van der Waals surface area contributed by atoms with Crippen molar-refractivity contribution in [2.75, 3.05) is 14.2 Å². The SMILES string of the molecule is CCC(CC)CC(=O)[C@@H](CC1CCCCC1)N=C(NC(=O)Cc1ccc(OC)c(OC)c1)NC(=O)OC(C)(C)C. The highest BCUT2D eigenvalue weighted by Crippen LogP contribution is 2.30. The topological polar surface area (TPSA) is 115 Å². The number of guanidine groups is 1. The van der Waals surface area contributed by atoms with Crippen LogP contribution in [0.5, 0.6) is 11.5 Å². The molecular weight excluding hydrogens is 510 g/mol. The van der Waals surface area contributed by atoms with Crippen molar-refractivity contribution in [2.45, 2.75) is 110 Å². The number of carbonyl (C=O) groups is 3. The molecular formula is C31H49N3O6. The fourth-order valence-electron chi connectivity index (χ4n) is 5.00. The summed E-state index contributed by atoms with van der Waals surface area (Å²) in [5.41, 5.74) is -0.0543. The molecule has 2 rings (SSSR count). The van der Waals surface area contributed by atoms with Gasteiger partial charge >= 0.3 is 6.09 Å². The van der Waals surface area contributed by atoms with Crippen LogP contribution in [0.1, 0.15) is 98.0 Å². The Morgan fingerprint density at radius 1 is 0.975 bits per heavy atom. The van der Waals surface area contributed by atoms with Crippen molar-refractivity contribution in [3.63, 3.8) is 0 Å². The first kappa shape index (κ1) is 33.1. The number of ketones is 1. The van der Waals surface area contributed by atoms with Crippen molar-refractivity contribution in [1.82, 2.24) is 10.6 Å². The number of Topliss-reactive ketones (excluding diaryl/α,β-unsaturated/α-hetero) is 1. The predicted octanol–water partition coefficient (Wildman–Crippen LogP) is 5.98. The fourth-order valence-corrected chi connectivity index (χ4v) is 5.00. The summed E-state index contributed by atoms with van der Waals surface area (Å²) in [6, 6.07) is 4.56. The Balaban J connectivity index is 2.33. The maximum absolute atomic E-state index is 13.5. The van der Waals surface area contributed by atoms with Crippen molar-refractivity contribution in [2.24, 2.45) is 16.8 Å². The highest BCUT2D eigenvalue weighted by atomic mass is 16.6. The smallest absolute Gasteiger partial charge is 0.414 e. The van der Waals surface area contributed by atoms with E-state index < -0.39 is 23.6 Å². The molecule has 40 heavy (non-hydrogen) atoms. The van der Waals surface area contributed by atoms with Crippen molar-refractivity contribution in [3.8, 4) is 11.5 Å². The number of carbonyl (C=O) groups excluding carboxylic acids is 3. The molecule has 9 heteroatoms. The zero-order valence-corrected chi connectivity index (χ0v) is 25.4. The molecule has 1 aromatic carbocycles. The van der Waals surface area contributed by atoms with Gasteiger partial charge in [-0.2, -0.15) is 0 Å². The molecule has 0 unspecified atom stereocenters. The number of methoxy groups -OCH3 is 2. The summed E-state index contributed by atoms with van der Waals surface area (Å²) < 4.78 is 16.0. The second kappa shape index (κ2) is 16.2. The molecule has 0 aromatic heterocycles. The number of aliphatic imine (C=N–C) groups is 1. The van der Waals surface area contributed by atoms with Crippen molar-refractivity contribution < 1.29 is 28.6 Å². The fraction of sp³-hybridized carbons (Fsp3) is 0.677. The third-order valence-electron chi connectivity index (χ3n) is 7.27. The summed E-state index contributed by atoms with van der Waals surface area (Å²) in [7, 11) is 3.08. The van der Waals surface area contributed by atoms with Crippen LogP contribution in [0.3, 0.4) is 0 Å². The number of nitrogens with zero attached hydrogens (tertiary/aromatic N) is 1. The van der Waals surface area contributed by atoms with Crippen LogP contribution in [-0.4, -0.2) is 49.6 Å². The van der Waals surface area contributed by atoms with Gasteiger partial charge in [-0.15, -0.1) is 0 Å². The van der Waals surface area contributed by atoms with Crippen LogP contribution in [0.2, 0.25) is 0 Å². The van der Waals surface area contributed by atoms with Gasteiger partial charge in [0.1, 0.15) is 11.6 Å². The largest absolute Gasteiger partial charge is 0.493 e. The zero-order chi connectivity index (χ0) is 29.7. The molecule has 0 bridgehead atoms. The molecule has 1 saturated carbocycles. The summed E-state index contributed by atoms with van der Waals surface area (Å²) in [5, 5.41) is 5.32. The normalized spacial score (nSPS) is 15.3. The Labute approximate surface area is 239 Å². The summed E-state index contributed by atoms with van der Waals surface area (Å²) in [6.45, 7) is 9.44. The molecule has 224 valence electrons. The standard InChI is InChI=1S/C31H49N3O6/c1-8-21(9-2)18-25(35)24(17-22-13-11-10-12-14-22)32-29(34-30(37)40-31(3,4)5)33-28(36)20-23-15-16-26(38-6)27(19-23)39-7/h15-16,19,21-22,24H,8-14,17-18,20H2,1-7H3,(H2,32,33,34,36,37)/t24-/m1/s1. The van der Waals surface area contributed by atoms with E-state index in [4.69, 9.17) is 14.2 Å². The van der Waals surface area contributed by atoms with Gasteiger partial charge in [0, 0.05) is 6.42 Å². The van der Waals surface area contributed by atoms with Gasteiger partial charge in [-0.25, -0.2) is 9.79 Å². The Hall–Kier alpha value is -3.10. The van der Waals surface area contributed by atoms with Crippen LogP contribution in [0.15, 0.2) is 23.2 Å². The van der Waals surface area contributed by atoms with E-state index >= 15 is 0 Å². The minimum atomic E-state index is -0.749. The van der Waals surface area contributed by atoms with E-state index in [1.54, 1.807) is 46.1 Å². The number of alkyl carbamates (subject to hydrolysis) is 1. The van der Waals surface area contributed by atoms with Gasteiger partial charge in [-0.1, -0.05) is 64.9 Å². The number of nitrogens with one attached hydrogen (secondary N) is 2. The van der Waals surface area contributed by atoms with Crippen LogP contribution in [-0.2, 0) is 20.7 Å². The summed E-state index contributed by atoms with van der Waals surface area (Å²) in [5.74, 6) is 1.30. The number of amides is 2. The summed E-state index contributed by atoms with van der Waals surface area (Å²) >= 11 is 0. The Morgan fingerprint density at radius 3 is 2.20 bits per heavy atom. The lowest BCUT2D eigenvalue weighted by Gasteiger charge is -2.26. The Kier molecular flexibility index (Phi) is 13.4.